The number of hydrogen-bond donors (Lipinski definition) is 1. The van der Waals surface area contributed by atoms with Crippen molar-refractivity contribution in [3.63, 3.8) is 0 Å². The number of aromatic hydroxyl groups is 1. The van der Waals surface area contributed by atoms with E-state index in [4.69, 9.17) is 11.6 Å². The van der Waals surface area contributed by atoms with Gasteiger partial charge in [-0.2, -0.15) is 0 Å². The standard InChI is InChI=1S/C14H17BrClNO2/c15-10-5-6-12(13(18)9-10)14(19)17(8-7-16)11-3-1-2-4-11/h5-6,9,11,18H,1-4,7-8H2. The van der Waals surface area contributed by atoms with Gasteiger partial charge in [0.25, 0.3) is 5.91 Å². The van der Waals surface area contributed by atoms with Gasteiger partial charge in [-0.05, 0) is 31.0 Å². The van der Waals surface area contributed by atoms with E-state index in [1.165, 1.54) is 0 Å². The first kappa shape index (κ1) is 14.7. The third kappa shape index (κ3) is 3.42. The van der Waals surface area contributed by atoms with Gasteiger partial charge in [-0.1, -0.05) is 28.8 Å². The topological polar surface area (TPSA) is 40.5 Å². The summed E-state index contributed by atoms with van der Waals surface area (Å²) in [5, 5.41) is 9.91. The number of carbonyl (C=O) groups is 1. The Morgan fingerprint density at radius 1 is 1.42 bits per heavy atom. The molecule has 0 saturated heterocycles. The van der Waals surface area contributed by atoms with Crippen LogP contribution < -0.4 is 0 Å². The SMILES string of the molecule is O=C(c1ccc(Br)cc1O)N(CCCl)C1CCCC1. The van der Waals surface area contributed by atoms with E-state index in [2.05, 4.69) is 15.9 Å². The van der Waals surface area contributed by atoms with Crippen LogP contribution in [0.25, 0.3) is 0 Å². The van der Waals surface area contributed by atoms with Gasteiger partial charge in [0.05, 0.1) is 5.56 Å². The molecule has 19 heavy (non-hydrogen) atoms. The number of phenols is 1. The minimum Gasteiger partial charge on any atom is -0.507 e. The molecule has 1 saturated carbocycles. The fraction of sp³-hybridized carbons (Fsp3) is 0.500. The molecule has 1 amide bonds. The first-order valence-electron chi connectivity index (χ1n) is 6.49. The summed E-state index contributed by atoms with van der Waals surface area (Å²) in [6.45, 7) is 0.528. The van der Waals surface area contributed by atoms with Crippen LogP contribution in [0, 0.1) is 0 Å². The molecule has 5 heteroatoms. The second-order valence-electron chi connectivity index (χ2n) is 4.79. The lowest BCUT2D eigenvalue weighted by atomic mass is 10.1. The normalized spacial score (nSPS) is 15.7. The van der Waals surface area contributed by atoms with Gasteiger partial charge in [-0.15, -0.1) is 11.6 Å². The summed E-state index contributed by atoms with van der Waals surface area (Å²) in [7, 11) is 0. The van der Waals surface area contributed by atoms with Crippen molar-refractivity contribution in [2.45, 2.75) is 31.7 Å². The quantitative estimate of drug-likeness (QED) is 0.843. The molecule has 2 rings (SSSR count). The monoisotopic (exact) mass is 345 g/mol. The average Bonchev–Trinajstić information content (AvgIpc) is 2.89. The van der Waals surface area contributed by atoms with E-state index >= 15 is 0 Å². The lowest BCUT2D eigenvalue weighted by Crippen LogP contribution is -2.40. The minimum atomic E-state index is -0.127. The number of carbonyl (C=O) groups excluding carboxylic acids is 1. The van der Waals surface area contributed by atoms with Crippen molar-refractivity contribution in [3.8, 4) is 5.75 Å². The number of amides is 1. The molecule has 1 fully saturated rings. The number of alkyl halides is 1. The predicted molar refractivity (Wildman–Crippen MR) is 79.8 cm³/mol. The smallest absolute Gasteiger partial charge is 0.257 e. The molecule has 104 valence electrons. The molecule has 0 aliphatic heterocycles. The number of phenolic OH excluding ortho intramolecular Hbond substituents is 1. The fourth-order valence-corrected chi connectivity index (χ4v) is 3.13. The lowest BCUT2D eigenvalue weighted by Gasteiger charge is -2.28. The Kier molecular flexibility index (Phi) is 5.11. The van der Waals surface area contributed by atoms with Crippen LogP contribution >= 0.6 is 27.5 Å². The molecule has 0 heterocycles. The minimum absolute atomic E-state index is 0.0111. The zero-order chi connectivity index (χ0) is 13.8. The van der Waals surface area contributed by atoms with E-state index < -0.39 is 0 Å². The maximum Gasteiger partial charge on any atom is 0.257 e. The van der Waals surface area contributed by atoms with Crippen molar-refractivity contribution in [1.29, 1.82) is 0 Å². The fourth-order valence-electron chi connectivity index (χ4n) is 2.60. The molecule has 0 radical (unpaired) electrons. The maximum absolute atomic E-state index is 12.5. The van der Waals surface area contributed by atoms with Crippen molar-refractivity contribution in [1.82, 2.24) is 4.90 Å². The number of benzene rings is 1. The highest BCUT2D eigenvalue weighted by atomic mass is 79.9. The highest BCUT2D eigenvalue weighted by Gasteiger charge is 2.28. The predicted octanol–water partition coefficient (Wildman–Crippen LogP) is 3.78. The number of hydrogen-bond acceptors (Lipinski definition) is 2. The van der Waals surface area contributed by atoms with Crippen molar-refractivity contribution in [3.05, 3.63) is 28.2 Å². The molecule has 1 aliphatic rings. The Morgan fingerprint density at radius 3 is 2.68 bits per heavy atom. The van der Waals surface area contributed by atoms with Gasteiger partial charge >= 0.3 is 0 Å². The summed E-state index contributed by atoms with van der Waals surface area (Å²) in [6.07, 6.45) is 4.37. The van der Waals surface area contributed by atoms with E-state index in [9.17, 15) is 9.90 Å². The van der Waals surface area contributed by atoms with Crippen molar-refractivity contribution >= 4 is 33.4 Å². The summed E-state index contributed by atoms with van der Waals surface area (Å²) < 4.78 is 0.756. The number of nitrogens with zero attached hydrogens (tertiary/aromatic N) is 1. The highest BCUT2D eigenvalue weighted by molar-refractivity contribution is 9.10. The van der Waals surface area contributed by atoms with Crippen LogP contribution in [-0.4, -0.2) is 34.4 Å². The zero-order valence-corrected chi connectivity index (χ0v) is 13.0. The molecule has 1 aromatic carbocycles. The van der Waals surface area contributed by atoms with Gasteiger partial charge in [0, 0.05) is 22.9 Å². The Balaban J connectivity index is 2.22. The van der Waals surface area contributed by atoms with E-state index in [1.54, 1.807) is 18.2 Å². The van der Waals surface area contributed by atoms with Gasteiger partial charge in [-0.25, -0.2) is 0 Å². The maximum atomic E-state index is 12.5. The van der Waals surface area contributed by atoms with Gasteiger partial charge in [0.1, 0.15) is 5.75 Å². The van der Waals surface area contributed by atoms with Gasteiger partial charge < -0.3 is 10.0 Å². The van der Waals surface area contributed by atoms with Gasteiger partial charge in [0.15, 0.2) is 0 Å². The Labute approximate surface area is 126 Å². The number of halogens is 2. The Hall–Kier alpha value is -0.740. The van der Waals surface area contributed by atoms with Gasteiger partial charge in [-0.3, -0.25) is 4.79 Å². The Bertz CT molecular complexity index is 461. The first-order chi connectivity index (χ1) is 9.13. The third-order valence-corrected chi connectivity index (χ3v) is 4.20. The third-order valence-electron chi connectivity index (χ3n) is 3.54. The van der Waals surface area contributed by atoms with Crippen LogP contribution in [0.15, 0.2) is 22.7 Å². The van der Waals surface area contributed by atoms with Crippen LogP contribution in [0.3, 0.4) is 0 Å². The second kappa shape index (κ2) is 6.62. The van der Waals surface area contributed by atoms with E-state index in [0.717, 1.165) is 30.2 Å². The highest BCUT2D eigenvalue weighted by Crippen LogP contribution is 2.28. The molecule has 1 N–H and O–H groups in total. The largest absolute Gasteiger partial charge is 0.507 e. The molecule has 0 atom stereocenters. The molecule has 0 unspecified atom stereocenters. The molecule has 1 aliphatic carbocycles. The molecule has 3 nitrogen and oxygen atoms in total. The molecule has 0 spiro atoms. The number of rotatable bonds is 4. The summed E-state index contributed by atoms with van der Waals surface area (Å²) in [6, 6.07) is 5.22. The van der Waals surface area contributed by atoms with Gasteiger partial charge in [0.2, 0.25) is 0 Å². The first-order valence-corrected chi connectivity index (χ1v) is 7.81. The summed E-state index contributed by atoms with van der Waals surface area (Å²) in [5.74, 6) is 0.300. The summed E-state index contributed by atoms with van der Waals surface area (Å²) in [4.78, 5) is 14.4. The lowest BCUT2D eigenvalue weighted by molar-refractivity contribution is 0.0692. The molecular formula is C14H17BrClNO2. The average molecular weight is 347 g/mol. The van der Waals surface area contributed by atoms with E-state index in [-0.39, 0.29) is 17.7 Å². The molecule has 1 aromatic rings. The van der Waals surface area contributed by atoms with E-state index in [0.29, 0.717) is 18.0 Å². The van der Waals surface area contributed by atoms with Crippen LogP contribution in [0.1, 0.15) is 36.0 Å². The molecule has 0 bridgehead atoms. The van der Waals surface area contributed by atoms with E-state index in [1.807, 2.05) is 4.90 Å². The van der Waals surface area contributed by atoms with Crippen LogP contribution in [0.5, 0.6) is 5.75 Å². The van der Waals surface area contributed by atoms with Crippen molar-refractivity contribution in [2.24, 2.45) is 0 Å². The second-order valence-corrected chi connectivity index (χ2v) is 6.08. The molecule has 0 aromatic heterocycles. The van der Waals surface area contributed by atoms with Crippen LogP contribution in [0.4, 0.5) is 0 Å². The summed E-state index contributed by atoms with van der Waals surface area (Å²) >= 11 is 9.08. The molecular weight excluding hydrogens is 330 g/mol. The summed E-state index contributed by atoms with van der Waals surface area (Å²) in [5.41, 5.74) is 0.347. The zero-order valence-electron chi connectivity index (χ0n) is 10.6. The van der Waals surface area contributed by atoms with Crippen LogP contribution in [-0.2, 0) is 0 Å². The van der Waals surface area contributed by atoms with Crippen molar-refractivity contribution < 1.29 is 9.90 Å². The van der Waals surface area contributed by atoms with Crippen LogP contribution in [0.2, 0.25) is 0 Å². The Morgan fingerprint density at radius 2 is 2.11 bits per heavy atom. The van der Waals surface area contributed by atoms with Crippen molar-refractivity contribution in [2.75, 3.05) is 12.4 Å².